The Kier molecular flexibility index (Phi) is 4.16. The highest BCUT2D eigenvalue weighted by Crippen LogP contribution is 2.34. The molecule has 2 aliphatic rings. The third-order valence-electron chi connectivity index (χ3n) is 4.96. The number of urea groups is 1. The Balaban J connectivity index is 1.24. The predicted molar refractivity (Wildman–Crippen MR) is 104 cm³/mol. The van der Waals surface area contributed by atoms with Gasteiger partial charge in [0.1, 0.15) is 5.52 Å². The van der Waals surface area contributed by atoms with Crippen LogP contribution in [-0.2, 0) is 0 Å². The maximum atomic E-state index is 12.7. The topological polar surface area (TPSA) is 80.1 Å². The number of hydrogen-bond acceptors (Lipinski definition) is 6. The lowest BCUT2D eigenvalue weighted by atomic mass is 10.3. The maximum absolute atomic E-state index is 12.7. The van der Waals surface area contributed by atoms with Gasteiger partial charge in [0.25, 0.3) is 6.01 Å². The van der Waals surface area contributed by atoms with Gasteiger partial charge in [-0.25, -0.2) is 4.79 Å². The zero-order valence-corrected chi connectivity index (χ0v) is 15.3. The molecule has 2 aliphatic heterocycles. The summed E-state index contributed by atoms with van der Waals surface area (Å²) in [5.74, 6) is 1.34. The van der Waals surface area contributed by atoms with Crippen molar-refractivity contribution in [3.8, 4) is 11.5 Å². The molecule has 1 fully saturated rings. The van der Waals surface area contributed by atoms with E-state index in [-0.39, 0.29) is 12.8 Å². The number of aromatic nitrogens is 1. The number of anilines is 2. The van der Waals surface area contributed by atoms with Gasteiger partial charge < -0.3 is 29.0 Å². The summed E-state index contributed by atoms with van der Waals surface area (Å²) in [6.45, 7) is 2.94. The van der Waals surface area contributed by atoms with Crippen LogP contribution >= 0.6 is 0 Å². The van der Waals surface area contributed by atoms with E-state index in [1.165, 1.54) is 0 Å². The van der Waals surface area contributed by atoms with Crippen molar-refractivity contribution in [3.05, 3.63) is 42.5 Å². The van der Waals surface area contributed by atoms with Crippen LogP contribution in [0.2, 0.25) is 0 Å². The summed E-state index contributed by atoms with van der Waals surface area (Å²) in [5, 5.41) is 2.94. The van der Waals surface area contributed by atoms with Crippen molar-refractivity contribution in [2.75, 3.05) is 43.2 Å². The van der Waals surface area contributed by atoms with Crippen molar-refractivity contribution >= 4 is 28.8 Å². The Morgan fingerprint density at radius 2 is 1.89 bits per heavy atom. The molecule has 3 aromatic rings. The second-order valence-corrected chi connectivity index (χ2v) is 6.79. The van der Waals surface area contributed by atoms with Crippen molar-refractivity contribution in [1.82, 2.24) is 9.88 Å². The highest BCUT2D eigenvalue weighted by atomic mass is 16.7. The minimum absolute atomic E-state index is 0.127. The summed E-state index contributed by atoms with van der Waals surface area (Å²) in [6, 6.07) is 13.6. The molecule has 0 bridgehead atoms. The van der Waals surface area contributed by atoms with Gasteiger partial charge in [-0.3, -0.25) is 0 Å². The molecule has 2 aromatic carbocycles. The van der Waals surface area contributed by atoms with E-state index < -0.39 is 0 Å². The number of fused-ring (bicyclic) bond motifs is 2. The fourth-order valence-corrected chi connectivity index (χ4v) is 3.48. The second-order valence-electron chi connectivity index (χ2n) is 6.79. The lowest BCUT2D eigenvalue weighted by Gasteiger charge is -2.21. The summed E-state index contributed by atoms with van der Waals surface area (Å²) < 4.78 is 16.5. The number of oxazole rings is 1. The average Bonchev–Trinajstić information content (AvgIpc) is 3.27. The van der Waals surface area contributed by atoms with Gasteiger partial charge in [0.15, 0.2) is 17.1 Å². The first-order valence-electron chi connectivity index (χ1n) is 9.32. The molecule has 0 saturated carbocycles. The molecule has 8 nitrogen and oxygen atoms in total. The summed E-state index contributed by atoms with van der Waals surface area (Å²) in [5.41, 5.74) is 2.31. The Morgan fingerprint density at radius 1 is 1.00 bits per heavy atom. The van der Waals surface area contributed by atoms with Gasteiger partial charge in [0.2, 0.25) is 6.79 Å². The third kappa shape index (κ3) is 3.17. The molecule has 0 aliphatic carbocycles. The number of hydrogen-bond donors (Lipinski definition) is 1. The van der Waals surface area contributed by atoms with Gasteiger partial charge >= 0.3 is 6.03 Å². The van der Waals surface area contributed by atoms with Crippen molar-refractivity contribution < 1.29 is 18.7 Å². The lowest BCUT2D eigenvalue weighted by Crippen LogP contribution is -2.38. The number of rotatable bonds is 2. The molecule has 8 heteroatoms. The molecular formula is C20H20N4O4. The van der Waals surface area contributed by atoms with Crippen molar-refractivity contribution in [2.24, 2.45) is 0 Å². The van der Waals surface area contributed by atoms with Gasteiger partial charge in [0.05, 0.1) is 0 Å². The lowest BCUT2D eigenvalue weighted by molar-refractivity contribution is 0.174. The van der Waals surface area contributed by atoms with Crippen molar-refractivity contribution in [2.45, 2.75) is 6.42 Å². The first kappa shape index (κ1) is 16.7. The van der Waals surface area contributed by atoms with Crippen LogP contribution < -0.4 is 19.7 Å². The fourth-order valence-electron chi connectivity index (χ4n) is 3.48. The number of nitrogens with zero attached hydrogens (tertiary/aromatic N) is 3. The molecule has 1 aromatic heterocycles. The number of para-hydroxylation sites is 2. The molecule has 1 saturated heterocycles. The summed E-state index contributed by atoms with van der Waals surface area (Å²) in [7, 11) is 0. The Hall–Kier alpha value is -3.42. The van der Waals surface area contributed by atoms with Crippen molar-refractivity contribution in [1.29, 1.82) is 0 Å². The van der Waals surface area contributed by atoms with Crippen LogP contribution in [0.5, 0.6) is 11.5 Å². The molecule has 0 spiro atoms. The highest BCUT2D eigenvalue weighted by molar-refractivity contribution is 5.89. The largest absolute Gasteiger partial charge is 0.454 e. The van der Waals surface area contributed by atoms with E-state index in [4.69, 9.17) is 13.9 Å². The van der Waals surface area contributed by atoms with Crippen LogP contribution in [0.15, 0.2) is 46.9 Å². The highest BCUT2D eigenvalue weighted by Gasteiger charge is 2.22. The monoisotopic (exact) mass is 380 g/mol. The number of benzene rings is 2. The molecule has 144 valence electrons. The zero-order valence-electron chi connectivity index (χ0n) is 15.3. The minimum Gasteiger partial charge on any atom is -0.454 e. The molecule has 5 rings (SSSR count). The molecule has 1 N–H and O–H groups in total. The normalized spacial score (nSPS) is 16.3. The van der Waals surface area contributed by atoms with Crippen molar-refractivity contribution in [3.63, 3.8) is 0 Å². The number of amides is 2. The van der Waals surface area contributed by atoms with E-state index in [1.54, 1.807) is 12.1 Å². The average molecular weight is 380 g/mol. The van der Waals surface area contributed by atoms with Crippen LogP contribution in [0.3, 0.4) is 0 Å². The Labute approximate surface area is 161 Å². The minimum atomic E-state index is -0.127. The standard InChI is InChI=1S/C20H20N4O4/c25-19(21-14-6-7-17-18(12-14)27-13-26-17)23-8-3-9-24(11-10-23)20-22-15-4-1-2-5-16(15)28-20/h1-2,4-7,12H,3,8-11,13H2,(H,21,25). The van der Waals surface area contributed by atoms with Gasteiger partial charge in [-0.1, -0.05) is 12.1 Å². The SMILES string of the molecule is O=C(Nc1ccc2c(c1)OCO2)N1CCCN(c2nc3ccccc3o2)CC1. The van der Waals surface area contributed by atoms with Gasteiger partial charge in [-0.15, -0.1) is 0 Å². The Morgan fingerprint density at radius 3 is 2.82 bits per heavy atom. The molecule has 2 amide bonds. The first-order valence-corrected chi connectivity index (χ1v) is 9.32. The zero-order chi connectivity index (χ0) is 18.9. The molecule has 0 unspecified atom stereocenters. The predicted octanol–water partition coefficient (Wildman–Crippen LogP) is 3.30. The van der Waals surface area contributed by atoms with E-state index >= 15 is 0 Å². The third-order valence-corrected chi connectivity index (χ3v) is 4.96. The molecule has 0 atom stereocenters. The summed E-state index contributed by atoms with van der Waals surface area (Å²) in [6.07, 6.45) is 0.841. The first-order chi connectivity index (χ1) is 13.8. The molecule has 3 heterocycles. The number of ether oxygens (including phenoxy) is 2. The van der Waals surface area contributed by atoms with E-state index in [0.717, 1.165) is 24.1 Å². The van der Waals surface area contributed by atoms with Gasteiger partial charge in [-0.2, -0.15) is 4.98 Å². The van der Waals surface area contributed by atoms with E-state index in [9.17, 15) is 4.79 Å². The van der Waals surface area contributed by atoms with Crippen LogP contribution in [-0.4, -0.2) is 48.9 Å². The van der Waals surface area contributed by atoms with E-state index in [1.807, 2.05) is 35.2 Å². The summed E-state index contributed by atoms with van der Waals surface area (Å²) in [4.78, 5) is 21.2. The van der Waals surface area contributed by atoms with Gasteiger partial charge in [-0.05, 0) is 30.7 Å². The van der Waals surface area contributed by atoms with Crippen LogP contribution in [0.25, 0.3) is 11.1 Å². The quantitative estimate of drug-likeness (QED) is 0.735. The van der Waals surface area contributed by atoms with Gasteiger partial charge in [0, 0.05) is 37.9 Å². The van der Waals surface area contributed by atoms with E-state index in [0.29, 0.717) is 42.8 Å². The Bertz CT molecular complexity index is 985. The fraction of sp³-hybridized carbons (Fsp3) is 0.300. The number of carbonyl (C=O) groups excluding carboxylic acids is 1. The van der Waals surface area contributed by atoms with Crippen LogP contribution in [0.1, 0.15) is 6.42 Å². The maximum Gasteiger partial charge on any atom is 0.321 e. The number of carbonyl (C=O) groups is 1. The molecule has 0 radical (unpaired) electrons. The molecule has 28 heavy (non-hydrogen) atoms. The second kappa shape index (κ2) is 6.95. The smallest absolute Gasteiger partial charge is 0.321 e. The van der Waals surface area contributed by atoms with Crippen LogP contribution in [0.4, 0.5) is 16.5 Å². The number of nitrogens with one attached hydrogen (secondary N) is 1. The van der Waals surface area contributed by atoms with Crippen LogP contribution in [0, 0.1) is 0 Å². The molecular weight excluding hydrogens is 360 g/mol. The summed E-state index contributed by atoms with van der Waals surface area (Å²) >= 11 is 0. The van der Waals surface area contributed by atoms with E-state index in [2.05, 4.69) is 15.2 Å².